The zero-order valence-electron chi connectivity index (χ0n) is 14.1. The number of carbonyl (C=O) groups is 2. The fourth-order valence-corrected chi connectivity index (χ4v) is 3.97. The van der Waals surface area contributed by atoms with Crippen molar-refractivity contribution in [1.29, 1.82) is 0 Å². The number of nitrogens with two attached hydrogens (primary N) is 1. The lowest BCUT2D eigenvalue weighted by molar-refractivity contribution is -0.131. The molecule has 0 radical (unpaired) electrons. The Bertz CT molecular complexity index is 499. The molecule has 3 amide bonds. The number of guanidine groups is 1. The summed E-state index contributed by atoms with van der Waals surface area (Å²) in [7, 11) is 0. The molecular weight excluding hydrogens is 421 g/mol. The standard InChI is InChI=1S/C16H27N5O2.HI/c17-14(19-12-6-2-1-3-7-12)18-10-11-21-13(22)16(20-15(21)23)8-4-5-9-16;/h12H,1-11H2,(H,20,23)(H3,17,18,19);1H. The van der Waals surface area contributed by atoms with Crippen molar-refractivity contribution in [3.05, 3.63) is 0 Å². The van der Waals surface area contributed by atoms with Crippen molar-refractivity contribution in [2.45, 2.75) is 69.4 Å². The van der Waals surface area contributed by atoms with Gasteiger partial charge in [0, 0.05) is 6.04 Å². The van der Waals surface area contributed by atoms with E-state index < -0.39 is 5.54 Å². The number of imide groups is 1. The number of halogens is 1. The topological polar surface area (TPSA) is 99.8 Å². The van der Waals surface area contributed by atoms with Crippen LogP contribution >= 0.6 is 24.0 Å². The molecule has 3 aliphatic rings. The van der Waals surface area contributed by atoms with E-state index in [1.807, 2.05) is 0 Å². The third kappa shape index (κ3) is 4.12. The second kappa shape index (κ2) is 8.35. The fourth-order valence-electron chi connectivity index (χ4n) is 3.97. The van der Waals surface area contributed by atoms with Crippen molar-refractivity contribution in [2.24, 2.45) is 10.7 Å². The van der Waals surface area contributed by atoms with Crippen molar-refractivity contribution >= 4 is 41.9 Å². The molecule has 0 aromatic rings. The smallest absolute Gasteiger partial charge is 0.325 e. The van der Waals surface area contributed by atoms with Gasteiger partial charge in [0.15, 0.2) is 5.96 Å². The van der Waals surface area contributed by atoms with Crippen LogP contribution in [-0.2, 0) is 4.79 Å². The molecule has 3 fully saturated rings. The molecule has 0 unspecified atom stereocenters. The zero-order chi connectivity index (χ0) is 16.3. The van der Waals surface area contributed by atoms with Gasteiger partial charge in [-0.25, -0.2) is 4.79 Å². The fraction of sp³-hybridized carbons (Fsp3) is 0.812. The van der Waals surface area contributed by atoms with Crippen LogP contribution in [0.25, 0.3) is 0 Å². The van der Waals surface area contributed by atoms with Crippen LogP contribution in [0, 0.1) is 0 Å². The summed E-state index contributed by atoms with van der Waals surface area (Å²) in [6.45, 7) is 0.639. The van der Waals surface area contributed by atoms with Gasteiger partial charge in [-0.05, 0) is 25.7 Å². The Labute approximate surface area is 160 Å². The monoisotopic (exact) mass is 449 g/mol. The Hall–Kier alpha value is -1.06. The van der Waals surface area contributed by atoms with Crippen LogP contribution in [0.1, 0.15) is 57.8 Å². The van der Waals surface area contributed by atoms with Gasteiger partial charge in [-0.1, -0.05) is 32.1 Å². The van der Waals surface area contributed by atoms with E-state index in [0.29, 0.717) is 25.1 Å². The third-order valence-electron chi connectivity index (χ3n) is 5.27. The van der Waals surface area contributed by atoms with Crippen LogP contribution in [0.4, 0.5) is 4.79 Å². The van der Waals surface area contributed by atoms with Crippen molar-refractivity contribution in [3.8, 4) is 0 Å². The first kappa shape index (κ1) is 19.3. The summed E-state index contributed by atoms with van der Waals surface area (Å²) in [4.78, 5) is 30.1. The molecule has 2 aliphatic carbocycles. The maximum atomic E-state index is 12.5. The van der Waals surface area contributed by atoms with Crippen LogP contribution < -0.4 is 16.4 Å². The summed E-state index contributed by atoms with van der Waals surface area (Å²) < 4.78 is 0. The minimum absolute atomic E-state index is 0. The Morgan fingerprint density at radius 1 is 1.21 bits per heavy atom. The molecule has 3 rings (SSSR count). The van der Waals surface area contributed by atoms with Gasteiger partial charge in [0.1, 0.15) is 5.54 Å². The van der Waals surface area contributed by atoms with Crippen LogP contribution in [-0.4, -0.2) is 47.5 Å². The van der Waals surface area contributed by atoms with E-state index in [4.69, 9.17) is 5.73 Å². The number of hydrogen-bond donors (Lipinski definition) is 3. The first-order valence-corrected chi connectivity index (χ1v) is 8.81. The normalized spacial score (nSPS) is 24.2. The summed E-state index contributed by atoms with van der Waals surface area (Å²) in [5, 5.41) is 6.11. The lowest BCUT2D eigenvalue weighted by atomic mass is 9.96. The molecule has 8 heteroatoms. The Balaban J connectivity index is 0.00000208. The minimum Gasteiger partial charge on any atom is -0.370 e. The number of nitrogens with one attached hydrogen (secondary N) is 2. The number of urea groups is 1. The predicted octanol–water partition coefficient (Wildman–Crippen LogP) is 1.71. The molecule has 1 saturated heterocycles. The molecule has 0 aromatic heterocycles. The van der Waals surface area contributed by atoms with E-state index in [-0.39, 0.29) is 35.9 Å². The van der Waals surface area contributed by atoms with Crippen LogP contribution in [0.5, 0.6) is 0 Å². The number of hydrogen-bond acceptors (Lipinski definition) is 3. The number of nitrogens with zero attached hydrogens (tertiary/aromatic N) is 2. The Morgan fingerprint density at radius 2 is 1.88 bits per heavy atom. The molecule has 2 saturated carbocycles. The molecule has 0 aromatic carbocycles. The summed E-state index contributed by atoms with van der Waals surface area (Å²) in [6.07, 6.45) is 9.52. The number of aliphatic imine (C=N–C) groups is 1. The molecule has 0 atom stereocenters. The highest BCUT2D eigenvalue weighted by Gasteiger charge is 2.52. The average Bonchev–Trinajstić information content (AvgIpc) is 3.09. The second-order valence-corrected chi connectivity index (χ2v) is 6.92. The van der Waals surface area contributed by atoms with Crippen LogP contribution in [0.15, 0.2) is 4.99 Å². The molecule has 4 N–H and O–H groups in total. The van der Waals surface area contributed by atoms with Gasteiger partial charge in [0.25, 0.3) is 5.91 Å². The van der Waals surface area contributed by atoms with Gasteiger partial charge in [0.2, 0.25) is 0 Å². The summed E-state index contributed by atoms with van der Waals surface area (Å²) >= 11 is 0. The van der Waals surface area contributed by atoms with Crippen molar-refractivity contribution in [3.63, 3.8) is 0 Å². The van der Waals surface area contributed by atoms with Gasteiger partial charge >= 0.3 is 6.03 Å². The van der Waals surface area contributed by atoms with Crippen molar-refractivity contribution in [1.82, 2.24) is 15.5 Å². The van der Waals surface area contributed by atoms with Gasteiger partial charge in [-0.15, -0.1) is 24.0 Å². The lowest BCUT2D eigenvalue weighted by Gasteiger charge is -2.23. The van der Waals surface area contributed by atoms with Gasteiger partial charge in [0.05, 0.1) is 13.1 Å². The molecule has 7 nitrogen and oxygen atoms in total. The highest BCUT2D eigenvalue weighted by atomic mass is 127. The van der Waals surface area contributed by atoms with Crippen LogP contribution in [0.2, 0.25) is 0 Å². The van der Waals surface area contributed by atoms with E-state index in [9.17, 15) is 9.59 Å². The van der Waals surface area contributed by atoms with Gasteiger partial charge in [-0.3, -0.25) is 14.7 Å². The number of rotatable bonds is 4. The first-order chi connectivity index (χ1) is 11.1. The van der Waals surface area contributed by atoms with E-state index in [1.54, 1.807) is 0 Å². The molecule has 1 aliphatic heterocycles. The highest BCUT2D eigenvalue weighted by molar-refractivity contribution is 14.0. The van der Waals surface area contributed by atoms with Gasteiger partial charge < -0.3 is 16.4 Å². The van der Waals surface area contributed by atoms with E-state index in [2.05, 4.69) is 15.6 Å². The molecule has 0 bridgehead atoms. The molecule has 1 spiro atoms. The average molecular weight is 449 g/mol. The Morgan fingerprint density at radius 3 is 2.54 bits per heavy atom. The van der Waals surface area contributed by atoms with Crippen molar-refractivity contribution < 1.29 is 9.59 Å². The lowest BCUT2D eigenvalue weighted by Crippen LogP contribution is -2.44. The van der Waals surface area contributed by atoms with Crippen molar-refractivity contribution in [2.75, 3.05) is 13.1 Å². The van der Waals surface area contributed by atoms with Gasteiger partial charge in [-0.2, -0.15) is 0 Å². The largest absolute Gasteiger partial charge is 0.370 e. The summed E-state index contributed by atoms with van der Waals surface area (Å²) in [5.41, 5.74) is 5.28. The van der Waals surface area contributed by atoms with Crippen LogP contribution in [0.3, 0.4) is 0 Å². The maximum absolute atomic E-state index is 12.5. The summed E-state index contributed by atoms with van der Waals surface area (Å²) in [6, 6.07) is 0.122. The zero-order valence-corrected chi connectivity index (χ0v) is 16.4. The second-order valence-electron chi connectivity index (χ2n) is 6.92. The molecule has 24 heavy (non-hydrogen) atoms. The molecule has 1 heterocycles. The first-order valence-electron chi connectivity index (χ1n) is 8.81. The highest BCUT2D eigenvalue weighted by Crippen LogP contribution is 2.34. The Kier molecular flexibility index (Phi) is 6.70. The van der Waals surface area contributed by atoms with E-state index in [1.165, 1.54) is 24.2 Å². The molecular formula is C16H28IN5O2. The number of carbonyl (C=O) groups excluding carboxylic acids is 2. The third-order valence-corrected chi connectivity index (χ3v) is 5.27. The van der Waals surface area contributed by atoms with E-state index >= 15 is 0 Å². The quantitative estimate of drug-likeness (QED) is 0.263. The maximum Gasteiger partial charge on any atom is 0.325 e. The van der Waals surface area contributed by atoms with E-state index in [0.717, 1.165) is 38.5 Å². The summed E-state index contributed by atoms with van der Waals surface area (Å²) in [5.74, 6) is 0.327. The minimum atomic E-state index is -0.632. The molecule has 136 valence electrons. The SMILES string of the molecule is I.NC(=NCCN1C(=O)NC2(CCCC2)C1=O)NC1CCCCC1. The number of amides is 3. The predicted molar refractivity (Wildman–Crippen MR) is 103 cm³/mol.